The van der Waals surface area contributed by atoms with Crippen molar-refractivity contribution >= 4 is 52.9 Å². The molecule has 6 nitrogen and oxygen atoms in total. The average molecular weight is 428 g/mol. The number of hydrogen-bond acceptors (Lipinski definition) is 6. The third kappa shape index (κ3) is 4.55. The Morgan fingerprint density at radius 2 is 1.97 bits per heavy atom. The molecule has 2 heterocycles. The predicted molar refractivity (Wildman–Crippen MR) is 122 cm³/mol. The first-order valence-electron chi connectivity index (χ1n) is 9.48. The number of aromatic nitrogens is 2. The van der Waals surface area contributed by atoms with E-state index in [1.165, 1.54) is 5.56 Å². The summed E-state index contributed by atoms with van der Waals surface area (Å²) >= 11 is 6.32. The van der Waals surface area contributed by atoms with Crippen LogP contribution in [-0.2, 0) is 11.0 Å². The molecule has 0 amide bonds. The molecule has 1 aliphatic heterocycles. The van der Waals surface area contributed by atoms with Crippen molar-refractivity contribution < 1.29 is 4.57 Å². The highest BCUT2D eigenvalue weighted by Gasteiger charge is 2.17. The number of benzene rings is 2. The molecule has 0 bridgehead atoms. The minimum Gasteiger partial charge on any atom is -0.385 e. The highest BCUT2D eigenvalue weighted by Crippen LogP contribution is 2.38. The molecule has 0 fully saturated rings. The number of anilines is 5. The van der Waals surface area contributed by atoms with Crippen LogP contribution in [0.4, 0.5) is 28.8 Å². The van der Waals surface area contributed by atoms with Gasteiger partial charge in [0.25, 0.3) is 0 Å². The van der Waals surface area contributed by atoms with E-state index in [1.807, 2.05) is 30.3 Å². The van der Waals surface area contributed by atoms with E-state index in [0.29, 0.717) is 16.8 Å². The van der Waals surface area contributed by atoms with E-state index in [9.17, 15) is 4.57 Å². The Hall–Kier alpha value is -2.56. The van der Waals surface area contributed by atoms with Gasteiger partial charge < -0.3 is 20.5 Å². The fourth-order valence-electron chi connectivity index (χ4n) is 3.36. The van der Waals surface area contributed by atoms with Crippen molar-refractivity contribution in [3.05, 3.63) is 59.2 Å². The topological polar surface area (TPSA) is 78.9 Å². The summed E-state index contributed by atoms with van der Waals surface area (Å²) in [5.74, 6) is 0.891. The standard InChI is InChI=1S/C21H23ClN5OP/c1-29(2,28)19-8-4-3-7-17(19)26-20-16(22)13-24-21(27-20)25-15-10-9-14-6-5-11-23-18(14)12-15/h3-4,7-10,12-13,23H,5-6,11H2,1-2H3,(H2,24,25,26,27). The summed E-state index contributed by atoms with van der Waals surface area (Å²) < 4.78 is 12.6. The van der Waals surface area contributed by atoms with E-state index in [1.54, 1.807) is 19.5 Å². The minimum atomic E-state index is -2.46. The molecule has 8 heteroatoms. The molecular formula is C21H23ClN5OP. The van der Waals surface area contributed by atoms with E-state index in [0.717, 1.165) is 41.8 Å². The molecule has 0 saturated carbocycles. The fourth-order valence-corrected chi connectivity index (χ4v) is 4.65. The summed E-state index contributed by atoms with van der Waals surface area (Å²) in [6, 6.07) is 13.7. The zero-order valence-electron chi connectivity index (χ0n) is 16.4. The van der Waals surface area contributed by atoms with Gasteiger partial charge in [-0.1, -0.05) is 29.8 Å². The molecular weight excluding hydrogens is 405 g/mol. The normalized spacial score (nSPS) is 13.3. The van der Waals surface area contributed by atoms with Gasteiger partial charge >= 0.3 is 0 Å². The number of aryl methyl sites for hydroxylation is 1. The minimum absolute atomic E-state index is 0.388. The van der Waals surface area contributed by atoms with Gasteiger partial charge in [-0.05, 0) is 56.0 Å². The average Bonchev–Trinajstić information content (AvgIpc) is 2.70. The summed E-state index contributed by atoms with van der Waals surface area (Å²) in [7, 11) is -2.46. The van der Waals surface area contributed by atoms with Gasteiger partial charge in [0, 0.05) is 23.2 Å². The monoisotopic (exact) mass is 427 g/mol. The Kier molecular flexibility index (Phi) is 5.48. The van der Waals surface area contributed by atoms with Gasteiger partial charge in [0.15, 0.2) is 5.82 Å². The van der Waals surface area contributed by atoms with Crippen LogP contribution in [-0.4, -0.2) is 29.8 Å². The quantitative estimate of drug-likeness (QED) is 0.484. The summed E-state index contributed by atoms with van der Waals surface area (Å²) in [5.41, 5.74) is 4.09. The van der Waals surface area contributed by atoms with Gasteiger partial charge in [-0.3, -0.25) is 0 Å². The SMILES string of the molecule is CP(C)(=O)c1ccccc1Nc1nc(Nc2ccc3c(c2)NCCC3)ncc1Cl. The number of nitrogens with one attached hydrogen (secondary N) is 3. The molecule has 1 aromatic heterocycles. The van der Waals surface area contributed by atoms with Gasteiger partial charge in [0.1, 0.15) is 12.2 Å². The van der Waals surface area contributed by atoms with Gasteiger partial charge in [-0.2, -0.15) is 4.98 Å². The van der Waals surface area contributed by atoms with Crippen LogP contribution in [0.5, 0.6) is 0 Å². The van der Waals surface area contributed by atoms with Crippen molar-refractivity contribution in [2.24, 2.45) is 0 Å². The Balaban J connectivity index is 1.60. The first kappa shape index (κ1) is 19.7. The van der Waals surface area contributed by atoms with E-state index in [4.69, 9.17) is 11.6 Å². The van der Waals surface area contributed by atoms with E-state index < -0.39 is 7.14 Å². The van der Waals surface area contributed by atoms with Crippen LogP contribution in [0.3, 0.4) is 0 Å². The lowest BCUT2D eigenvalue weighted by Crippen LogP contribution is -2.12. The number of nitrogens with zero attached hydrogens (tertiary/aromatic N) is 2. The summed E-state index contributed by atoms with van der Waals surface area (Å²) in [5, 5.41) is 11.0. The van der Waals surface area contributed by atoms with Gasteiger partial charge in [-0.15, -0.1) is 0 Å². The number of hydrogen-bond donors (Lipinski definition) is 3. The second-order valence-electron chi connectivity index (χ2n) is 7.41. The number of para-hydroxylation sites is 1. The smallest absolute Gasteiger partial charge is 0.229 e. The van der Waals surface area contributed by atoms with E-state index >= 15 is 0 Å². The second-order valence-corrected chi connectivity index (χ2v) is 11.0. The first-order chi connectivity index (χ1) is 13.9. The third-order valence-corrected chi connectivity index (χ3v) is 6.61. The molecule has 0 atom stereocenters. The van der Waals surface area contributed by atoms with Crippen molar-refractivity contribution in [2.75, 3.05) is 35.8 Å². The summed E-state index contributed by atoms with van der Waals surface area (Å²) in [6.45, 7) is 4.47. The lowest BCUT2D eigenvalue weighted by Gasteiger charge is -2.19. The van der Waals surface area contributed by atoms with Crippen molar-refractivity contribution in [3.8, 4) is 0 Å². The van der Waals surface area contributed by atoms with Gasteiger partial charge in [0.2, 0.25) is 5.95 Å². The molecule has 3 aromatic rings. The molecule has 0 aliphatic carbocycles. The highest BCUT2D eigenvalue weighted by molar-refractivity contribution is 7.70. The zero-order valence-corrected chi connectivity index (χ0v) is 18.0. The number of fused-ring (bicyclic) bond motifs is 1. The van der Waals surface area contributed by atoms with Crippen molar-refractivity contribution in [3.63, 3.8) is 0 Å². The Bertz CT molecular complexity index is 1100. The van der Waals surface area contributed by atoms with Gasteiger partial charge in [-0.25, -0.2) is 4.98 Å². The van der Waals surface area contributed by atoms with Crippen LogP contribution in [0.25, 0.3) is 0 Å². The maximum atomic E-state index is 12.6. The molecule has 29 heavy (non-hydrogen) atoms. The van der Waals surface area contributed by atoms with Crippen LogP contribution in [0.15, 0.2) is 48.7 Å². The Morgan fingerprint density at radius 1 is 1.14 bits per heavy atom. The molecule has 4 rings (SSSR count). The van der Waals surface area contributed by atoms with Crippen LogP contribution in [0.1, 0.15) is 12.0 Å². The maximum Gasteiger partial charge on any atom is 0.229 e. The van der Waals surface area contributed by atoms with E-state index in [-0.39, 0.29) is 0 Å². The predicted octanol–water partition coefficient (Wildman–Crippen LogP) is 5.22. The molecule has 0 unspecified atom stereocenters. The fraction of sp³-hybridized carbons (Fsp3) is 0.238. The molecule has 0 saturated heterocycles. The molecule has 3 N–H and O–H groups in total. The van der Waals surface area contributed by atoms with Crippen molar-refractivity contribution in [1.82, 2.24) is 9.97 Å². The largest absolute Gasteiger partial charge is 0.385 e. The first-order valence-corrected chi connectivity index (χ1v) is 12.5. The van der Waals surface area contributed by atoms with Crippen molar-refractivity contribution in [1.29, 1.82) is 0 Å². The molecule has 150 valence electrons. The molecule has 2 aromatic carbocycles. The lowest BCUT2D eigenvalue weighted by molar-refractivity contribution is 0.588. The zero-order chi connectivity index (χ0) is 20.4. The maximum absolute atomic E-state index is 12.6. The number of halogens is 1. The summed E-state index contributed by atoms with van der Waals surface area (Å²) in [4.78, 5) is 8.81. The van der Waals surface area contributed by atoms with Crippen LogP contribution >= 0.6 is 18.7 Å². The lowest BCUT2D eigenvalue weighted by atomic mass is 10.0. The molecule has 0 spiro atoms. The van der Waals surface area contributed by atoms with Crippen LogP contribution in [0.2, 0.25) is 5.02 Å². The van der Waals surface area contributed by atoms with E-state index in [2.05, 4.69) is 38.1 Å². The Labute approximate surface area is 175 Å². The highest BCUT2D eigenvalue weighted by atomic mass is 35.5. The second kappa shape index (κ2) is 8.05. The molecule has 1 aliphatic rings. The van der Waals surface area contributed by atoms with Crippen LogP contribution < -0.4 is 21.3 Å². The van der Waals surface area contributed by atoms with Crippen LogP contribution in [0, 0.1) is 0 Å². The third-order valence-electron chi connectivity index (χ3n) is 4.79. The summed E-state index contributed by atoms with van der Waals surface area (Å²) in [6.07, 6.45) is 3.79. The Morgan fingerprint density at radius 3 is 2.79 bits per heavy atom. The molecule has 0 radical (unpaired) electrons. The van der Waals surface area contributed by atoms with Crippen molar-refractivity contribution in [2.45, 2.75) is 12.8 Å². The van der Waals surface area contributed by atoms with Gasteiger partial charge in [0.05, 0.1) is 11.9 Å². The number of rotatable bonds is 5.